The van der Waals surface area contributed by atoms with Crippen LogP contribution >= 0.6 is 0 Å². The first-order valence-corrected chi connectivity index (χ1v) is 25.7. The van der Waals surface area contributed by atoms with Gasteiger partial charge in [0.15, 0.2) is 0 Å². The molecule has 3 aliphatic rings. The van der Waals surface area contributed by atoms with Crippen molar-refractivity contribution in [2.45, 2.75) is 134 Å². The summed E-state index contributed by atoms with van der Waals surface area (Å²) in [6.07, 6.45) is -4.75. The fraction of sp³-hybridized carbons (Fsp3) is 0.519. The molecule has 7 N–H and O–H groups in total. The number of benzene rings is 2. The molecular formula is C54H64F10N10O7. The van der Waals surface area contributed by atoms with Gasteiger partial charge >= 0.3 is 31.1 Å². The normalized spacial score (nSPS) is 18.2. The fourth-order valence-corrected chi connectivity index (χ4v) is 9.59. The highest BCUT2D eigenvalue weighted by Gasteiger charge is 2.57. The highest BCUT2D eigenvalue weighted by molar-refractivity contribution is 5.87. The lowest BCUT2D eigenvalue weighted by molar-refractivity contribution is -0.220. The third-order valence-electron chi connectivity index (χ3n) is 14.9. The Morgan fingerprint density at radius 3 is 1.79 bits per heavy atom. The Morgan fingerprint density at radius 2 is 1.31 bits per heavy atom. The number of carbonyl (C=O) groups excluding carboxylic acids is 4. The number of amides is 4. The number of rotatable bonds is 18. The van der Waals surface area contributed by atoms with Gasteiger partial charge in [0.1, 0.15) is 29.5 Å². The van der Waals surface area contributed by atoms with Crippen LogP contribution in [0.15, 0.2) is 67.0 Å². The van der Waals surface area contributed by atoms with Crippen LogP contribution in [0.3, 0.4) is 0 Å². The van der Waals surface area contributed by atoms with Crippen LogP contribution in [0.2, 0.25) is 0 Å². The van der Waals surface area contributed by atoms with Gasteiger partial charge in [0.25, 0.3) is 0 Å². The molecule has 17 nitrogen and oxygen atoms in total. The van der Waals surface area contributed by atoms with Crippen LogP contribution in [-0.4, -0.2) is 137 Å². The molecule has 2 unspecified atom stereocenters. The van der Waals surface area contributed by atoms with Crippen molar-refractivity contribution in [2.75, 3.05) is 38.8 Å². The number of hydrogen-bond donors (Lipinski definition) is 6. The molecule has 0 radical (unpaired) electrons. The number of alkyl carbamates (subject to hydrolysis) is 2. The van der Waals surface area contributed by atoms with Crippen molar-refractivity contribution >= 4 is 29.8 Å². The molecule has 4 amide bonds. The van der Waals surface area contributed by atoms with E-state index in [1.807, 2.05) is 17.4 Å². The van der Waals surface area contributed by atoms with Gasteiger partial charge in [0, 0.05) is 79.0 Å². The van der Waals surface area contributed by atoms with Crippen molar-refractivity contribution in [1.82, 2.24) is 40.9 Å². The molecule has 4 aromatic rings. The van der Waals surface area contributed by atoms with E-state index in [-0.39, 0.29) is 17.7 Å². The molecule has 27 heteroatoms. The Labute approximate surface area is 460 Å². The second kappa shape index (κ2) is 26.2. The zero-order valence-electron chi connectivity index (χ0n) is 45.0. The molecule has 0 spiro atoms. The summed E-state index contributed by atoms with van der Waals surface area (Å²) < 4.78 is 146. The number of primary amides is 1. The molecule has 6 atom stereocenters. The highest BCUT2D eigenvalue weighted by Crippen LogP contribution is 2.42. The molecule has 3 fully saturated rings. The van der Waals surface area contributed by atoms with Gasteiger partial charge in [-0.2, -0.15) is 40.2 Å². The van der Waals surface area contributed by atoms with Crippen LogP contribution in [0.5, 0.6) is 0 Å². The van der Waals surface area contributed by atoms with Gasteiger partial charge in [-0.1, -0.05) is 30.4 Å². The molecule has 2 aromatic carbocycles. The second-order valence-corrected chi connectivity index (χ2v) is 21.0. The predicted molar refractivity (Wildman–Crippen MR) is 275 cm³/mol. The van der Waals surface area contributed by atoms with Crippen molar-refractivity contribution in [3.05, 3.63) is 101 Å². The first kappa shape index (κ1) is 63.0. The van der Waals surface area contributed by atoms with Gasteiger partial charge in [0.05, 0.1) is 42.9 Å². The summed E-state index contributed by atoms with van der Waals surface area (Å²) >= 11 is 0. The van der Waals surface area contributed by atoms with E-state index in [0.717, 1.165) is 85.2 Å². The number of nitrogens with one attached hydrogen (secondary N) is 4. The average Bonchev–Trinajstić information content (AvgIpc) is 3.98. The minimum absolute atomic E-state index is 0.0952. The number of nitrogens with zero attached hydrogens (tertiary/aromatic N) is 5. The molecular weight excluding hydrogens is 1090 g/mol. The number of hydrogen-bond acceptors (Lipinski definition) is 12. The van der Waals surface area contributed by atoms with Crippen molar-refractivity contribution < 1.29 is 77.7 Å². The van der Waals surface area contributed by atoms with Gasteiger partial charge in [-0.3, -0.25) is 14.5 Å². The van der Waals surface area contributed by atoms with E-state index in [0.29, 0.717) is 33.5 Å². The Balaban J connectivity index is 0.000000574. The standard InChI is InChI=1S/C46H51F7N8O4.C8H13F3N2O3/c1-45(2,46(51,52)53)41(57-44(64)65-3)42(63)56-38(39(62)24-54-23-34-35(47)20-30(21-36(34)48)37-17-18-60(58-37)43(49)50)19-28-10-7-27(8-11-28)9-12-29-13-16-40(55-22-29)59-25-32-14-15-33(26-59)61(32)31-5-4-6-31;1-7(2,8(9,10)11)4(5(12)14)13-6(15)16-3/h7-8,10-11,13,16-18,20-22,31-33,38-39,41,43,54,62H,4-6,14-15,19,23-26H2,1-3H3,(H,56,63)(H,57,64);4H,1-3H3,(H2,12,14)(H,13,15)/t32?,33?,38-,39-,41+;4-/m01/s1. The summed E-state index contributed by atoms with van der Waals surface area (Å²) in [4.78, 5) is 57.3. The Hall–Kier alpha value is -7.18. The van der Waals surface area contributed by atoms with Crippen LogP contribution in [0, 0.1) is 34.3 Å². The molecule has 1 aliphatic carbocycles. The van der Waals surface area contributed by atoms with Gasteiger partial charge < -0.3 is 46.5 Å². The highest BCUT2D eigenvalue weighted by atomic mass is 19.4. The van der Waals surface area contributed by atoms with Crippen molar-refractivity contribution in [2.24, 2.45) is 16.6 Å². The molecule has 2 bridgehead atoms. The third kappa shape index (κ3) is 15.4. The largest absolute Gasteiger partial charge is 0.453 e. The average molecular weight is 1160 g/mol. The van der Waals surface area contributed by atoms with E-state index in [9.17, 15) is 59.4 Å². The molecule has 2 saturated heterocycles. The third-order valence-corrected chi connectivity index (χ3v) is 14.9. The molecule has 2 aromatic heterocycles. The lowest BCUT2D eigenvalue weighted by atomic mass is 9.82. The quantitative estimate of drug-likeness (QED) is 0.0422. The van der Waals surface area contributed by atoms with Crippen molar-refractivity contribution in [1.29, 1.82) is 0 Å². The van der Waals surface area contributed by atoms with E-state index < -0.39 is 108 Å². The molecule has 442 valence electrons. The minimum Gasteiger partial charge on any atom is -0.453 e. The molecule has 7 rings (SSSR count). The van der Waals surface area contributed by atoms with E-state index in [1.54, 1.807) is 35.8 Å². The van der Waals surface area contributed by atoms with Crippen LogP contribution < -0.4 is 31.9 Å². The number of pyridine rings is 1. The van der Waals surface area contributed by atoms with E-state index in [1.165, 1.54) is 38.2 Å². The summed E-state index contributed by atoms with van der Waals surface area (Å²) in [7, 11) is 1.89. The van der Waals surface area contributed by atoms with E-state index in [4.69, 9.17) is 10.7 Å². The Morgan fingerprint density at radius 1 is 0.765 bits per heavy atom. The zero-order valence-corrected chi connectivity index (χ0v) is 45.0. The summed E-state index contributed by atoms with van der Waals surface area (Å²) in [6, 6.07) is 10.1. The summed E-state index contributed by atoms with van der Waals surface area (Å²) in [5.74, 6) is 2.49. The monoisotopic (exact) mass is 1150 g/mol. The number of alkyl halides is 8. The molecule has 4 heterocycles. The first-order chi connectivity index (χ1) is 37.9. The minimum atomic E-state index is -4.97. The topological polar surface area (TPSA) is 218 Å². The lowest BCUT2D eigenvalue weighted by Gasteiger charge is -2.48. The lowest BCUT2D eigenvalue weighted by Crippen LogP contribution is -2.62. The number of aromatic nitrogens is 3. The van der Waals surface area contributed by atoms with E-state index in [2.05, 4.69) is 46.8 Å². The molecule has 81 heavy (non-hydrogen) atoms. The smallest absolute Gasteiger partial charge is 0.407 e. The Kier molecular flexibility index (Phi) is 20.4. The molecule has 2 aliphatic heterocycles. The van der Waals surface area contributed by atoms with Gasteiger partial charge in [-0.25, -0.2) is 28.0 Å². The summed E-state index contributed by atoms with van der Waals surface area (Å²) in [5, 5.41) is 23.9. The van der Waals surface area contributed by atoms with Crippen LogP contribution in [0.4, 0.5) is 59.3 Å². The number of aliphatic hydroxyl groups is 1. The van der Waals surface area contributed by atoms with Gasteiger partial charge in [0.2, 0.25) is 11.8 Å². The number of halogens is 10. The summed E-state index contributed by atoms with van der Waals surface area (Å²) in [6.45, 7) is 1.04. The van der Waals surface area contributed by atoms with Crippen LogP contribution in [0.1, 0.15) is 88.6 Å². The Bertz CT molecular complexity index is 2850. The SMILES string of the molecule is COC(=O)N[C@H](C(=O)N[C@@H](Cc1ccc(C#Cc2ccc(N3CC4CCC(C3)N4C3CCC3)nc2)cc1)[C@@H](O)CNCc1c(F)cc(-c2ccn(C(F)F)n2)cc1F)C(C)(C)C(F)(F)F.COC(=O)N[C@H](C(N)=O)C(C)(C)C(F)(F)F. The predicted octanol–water partition coefficient (Wildman–Crippen LogP) is 7.50. The van der Waals surface area contributed by atoms with Gasteiger partial charge in [-0.15, -0.1) is 0 Å². The maximum absolute atomic E-state index is 15.1. The van der Waals surface area contributed by atoms with Crippen molar-refractivity contribution in [3.63, 3.8) is 0 Å². The number of fused-ring (bicyclic) bond motifs is 2. The van der Waals surface area contributed by atoms with Crippen LogP contribution in [-0.2, 0) is 32.0 Å². The first-order valence-electron chi connectivity index (χ1n) is 25.7. The fourth-order valence-electron chi connectivity index (χ4n) is 9.59. The number of nitrogens with two attached hydrogens (primary N) is 1. The van der Waals surface area contributed by atoms with Crippen molar-refractivity contribution in [3.8, 4) is 23.1 Å². The maximum Gasteiger partial charge on any atom is 0.407 e. The summed E-state index contributed by atoms with van der Waals surface area (Å²) in [5.41, 5.74) is 0.739. The number of aliphatic hydroxyl groups excluding tert-OH is 1. The zero-order chi connectivity index (χ0) is 59.8. The number of carbonyl (C=O) groups is 4. The number of methoxy groups -OCH3 is 2. The number of piperazine rings is 1. The maximum atomic E-state index is 15.1. The van der Waals surface area contributed by atoms with Crippen LogP contribution in [0.25, 0.3) is 11.3 Å². The number of ether oxygens (including phenoxy) is 2. The molecule has 1 saturated carbocycles. The van der Waals surface area contributed by atoms with Gasteiger partial charge in [-0.05, 0) is 108 Å². The number of anilines is 1. The van der Waals surface area contributed by atoms with E-state index >= 15 is 8.78 Å². The second-order valence-electron chi connectivity index (χ2n) is 21.0.